The van der Waals surface area contributed by atoms with Gasteiger partial charge in [0.25, 0.3) is 5.91 Å². The summed E-state index contributed by atoms with van der Waals surface area (Å²) >= 11 is 3.30. The lowest BCUT2D eigenvalue weighted by molar-refractivity contribution is -0.119. The molecule has 0 bridgehead atoms. The number of nitrogens with two attached hydrogens (primary N) is 2. The number of ether oxygens (including phenoxy) is 2. The van der Waals surface area contributed by atoms with Crippen molar-refractivity contribution in [1.82, 2.24) is 5.43 Å². The molecule has 0 saturated carbocycles. The zero-order valence-electron chi connectivity index (χ0n) is 10.6. The number of hydrogen-bond donors (Lipinski definition) is 3. The van der Waals surface area contributed by atoms with Crippen molar-refractivity contribution in [3.63, 3.8) is 0 Å². The Morgan fingerprint density at radius 3 is 2.65 bits per heavy atom. The average molecular weight is 345 g/mol. The Morgan fingerprint density at radius 1 is 1.40 bits per heavy atom. The number of rotatable bonds is 6. The van der Waals surface area contributed by atoms with Crippen LogP contribution in [-0.4, -0.2) is 31.9 Å². The first kappa shape index (κ1) is 15.8. The molecule has 108 valence electrons. The van der Waals surface area contributed by atoms with Crippen molar-refractivity contribution in [1.29, 1.82) is 0 Å². The van der Waals surface area contributed by atoms with Crippen molar-refractivity contribution in [3.05, 3.63) is 22.2 Å². The third-order valence-corrected chi connectivity index (χ3v) is 2.72. The van der Waals surface area contributed by atoms with E-state index < -0.39 is 11.9 Å². The third kappa shape index (κ3) is 4.76. The summed E-state index contributed by atoms with van der Waals surface area (Å²) in [7, 11) is 1.45. The summed E-state index contributed by atoms with van der Waals surface area (Å²) in [5, 5.41) is 3.63. The maximum Gasteiger partial charge on any atom is 0.332 e. The van der Waals surface area contributed by atoms with Crippen LogP contribution in [0.5, 0.6) is 11.5 Å². The molecule has 5 N–H and O–H groups in total. The highest BCUT2D eigenvalue weighted by Crippen LogP contribution is 2.32. The number of carbonyl (C=O) groups excluding carboxylic acids is 2. The summed E-state index contributed by atoms with van der Waals surface area (Å²) < 4.78 is 11.0. The summed E-state index contributed by atoms with van der Waals surface area (Å²) in [5.41, 5.74) is 12.6. The number of amides is 3. The summed E-state index contributed by atoms with van der Waals surface area (Å²) in [4.78, 5) is 21.2. The number of primary amides is 2. The summed E-state index contributed by atoms with van der Waals surface area (Å²) in [6.07, 6.45) is 1.37. The second kappa shape index (κ2) is 7.34. The van der Waals surface area contributed by atoms with E-state index in [-0.39, 0.29) is 6.61 Å². The molecule has 1 rings (SSSR count). The molecule has 0 atom stereocenters. The van der Waals surface area contributed by atoms with Crippen LogP contribution in [0.2, 0.25) is 0 Å². The van der Waals surface area contributed by atoms with E-state index in [9.17, 15) is 9.59 Å². The average Bonchev–Trinajstić information content (AvgIpc) is 2.37. The summed E-state index contributed by atoms with van der Waals surface area (Å²) in [5.74, 6) is 0.132. The van der Waals surface area contributed by atoms with Crippen LogP contribution in [0.15, 0.2) is 21.7 Å². The largest absolute Gasteiger partial charge is 0.493 e. The van der Waals surface area contributed by atoms with Crippen LogP contribution in [0, 0.1) is 0 Å². The van der Waals surface area contributed by atoms with Crippen molar-refractivity contribution in [2.75, 3.05) is 13.7 Å². The van der Waals surface area contributed by atoms with Gasteiger partial charge in [0.1, 0.15) is 0 Å². The topological polar surface area (TPSA) is 129 Å². The van der Waals surface area contributed by atoms with Gasteiger partial charge in [-0.25, -0.2) is 10.2 Å². The highest BCUT2D eigenvalue weighted by molar-refractivity contribution is 9.10. The number of nitrogens with zero attached hydrogens (tertiary/aromatic N) is 1. The molecule has 1 aromatic rings. The van der Waals surface area contributed by atoms with Crippen LogP contribution < -0.4 is 26.4 Å². The molecule has 0 fully saturated rings. The molecule has 8 nitrogen and oxygen atoms in total. The molecule has 20 heavy (non-hydrogen) atoms. The fourth-order valence-corrected chi connectivity index (χ4v) is 1.66. The van der Waals surface area contributed by atoms with E-state index in [4.69, 9.17) is 20.9 Å². The van der Waals surface area contributed by atoms with Crippen LogP contribution in [0.1, 0.15) is 5.56 Å². The smallest absolute Gasteiger partial charge is 0.332 e. The zero-order chi connectivity index (χ0) is 15.1. The lowest BCUT2D eigenvalue weighted by Crippen LogP contribution is -2.24. The van der Waals surface area contributed by atoms with E-state index in [1.165, 1.54) is 13.3 Å². The number of nitrogens with one attached hydrogen (secondary N) is 1. The van der Waals surface area contributed by atoms with Crippen LogP contribution >= 0.6 is 15.9 Å². The van der Waals surface area contributed by atoms with Gasteiger partial charge in [-0.15, -0.1) is 0 Å². The summed E-state index contributed by atoms with van der Waals surface area (Å²) in [6.45, 7) is -0.264. The Labute approximate surface area is 123 Å². The fraction of sp³-hybridized carbons (Fsp3) is 0.182. The second-order valence-corrected chi connectivity index (χ2v) is 4.37. The Balaban J connectivity index is 2.97. The molecule has 0 aromatic heterocycles. The molecule has 1 aromatic carbocycles. The number of methoxy groups -OCH3 is 1. The highest BCUT2D eigenvalue weighted by Gasteiger charge is 2.10. The van der Waals surface area contributed by atoms with Gasteiger partial charge in [0.15, 0.2) is 18.1 Å². The first-order chi connectivity index (χ1) is 9.43. The monoisotopic (exact) mass is 344 g/mol. The van der Waals surface area contributed by atoms with Crippen molar-refractivity contribution in [3.8, 4) is 11.5 Å². The van der Waals surface area contributed by atoms with E-state index in [1.807, 2.05) is 0 Å². The second-order valence-electron chi connectivity index (χ2n) is 3.51. The van der Waals surface area contributed by atoms with Crippen LogP contribution in [0.3, 0.4) is 0 Å². The number of benzene rings is 1. The lowest BCUT2D eigenvalue weighted by atomic mass is 10.2. The van der Waals surface area contributed by atoms with Gasteiger partial charge in [0, 0.05) is 10.0 Å². The normalized spacial score (nSPS) is 10.3. The Bertz CT molecular complexity index is 547. The number of hydrogen-bond acceptors (Lipinski definition) is 5. The van der Waals surface area contributed by atoms with Crippen LogP contribution in [0.25, 0.3) is 0 Å². The molecule has 0 aliphatic carbocycles. The predicted octanol–water partition coefficient (Wildman–Crippen LogP) is 0.324. The van der Waals surface area contributed by atoms with Gasteiger partial charge < -0.3 is 20.9 Å². The number of urea groups is 1. The van der Waals surface area contributed by atoms with Crippen LogP contribution in [0.4, 0.5) is 4.79 Å². The van der Waals surface area contributed by atoms with E-state index in [1.54, 1.807) is 12.1 Å². The third-order valence-electron chi connectivity index (χ3n) is 2.03. The highest BCUT2D eigenvalue weighted by atomic mass is 79.9. The first-order valence-corrected chi connectivity index (χ1v) is 6.10. The van der Waals surface area contributed by atoms with E-state index in [2.05, 4.69) is 26.5 Å². The molecular formula is C11H13BrN4O4. The molecule has 0 spiro atoms. The lowest BCUT2D eigenvalue weighted by Gasteiger charge is -2.11. The molecule has 0 radical (unpaired) electrons. The minimum absolute atomic E-state index is 0.264. The maximum atomic E-state index is 10.7. The van der Waals surface area contributed by atoms with E-state index in [0.717, 1.165) is 0 Å². The predicted molar refractivity (Wildman–Crippen MR) is 75.7 cm³/mol. The molecule has 0 unspecified atom stereocenters. The van der Waals surface area contributed by atoms with Gasteiger partial charge in [-0.3, -0.25) is 4.79 Å². The van der Waals surface area contributed by atoms with Crippen molar-refractivity contribution < 1.29 is 19.1 Å². The van der Waals surface area contributed by atoms with Gasteiger partial charge in [-0.1, -0.05) is 0 Å². The molecular weight excluding hydrogens is 332 g/mol. The number of halogens is 1. The Kier molecular flexibility index (Phi) is 5.78. The number of carbonyl (C=O) groups is 2. The molecule has 0 heterocycles. The van der Waals surface area contributed by atoms with Gasteiger partial charge in [-0.2, -0.15) is 5.10 Å². The summed E-state index contributed by atoms with van der Waals surface area (Å²) in [6, 6.07) is 2.42. The standard InChI is InChI=1S/C11H13BrN4O4/c1-19-8-2-6(4-15-16-11(14)18)7(12)3-9(8)20-5-10(13)17/h2-4H,5H2,1H3,(H2,13,17)(H3,14,16,18). The minimum atomic E-state index is -0.772. The molecule has 0 aliphatic rings. The SMILES string of the molecule is COc1cc(C=NNC(N)=O)c(Br)cc1OCC(N)=O. The van der Waals surface area contributed by atoms with Crippen LogP contribution in [-0.2, 0) is 4.79 Å². The minimum Gasteiger partial charge on any atom is -0.493 e. The molecule has 9 heteroatoms. The van der Waals surface area contributed by atoms with E-state index >= 15 is 0 Å². The quantitative estimate of drug-likeness (QED) is 0.506. The van der Waals surface area contributed by atoms with Crippen molar-refractivity contribution in [2.24, 2.45) is 16.6 Å². The molecule has 0 saturated heterocycles. The molecule has 0 aliphatic heterocycles. The van der Waals surface area contributed by atoms with Gasteiger partial charge in [-0.05, 0) is 28.1 Å². The van der Waals surface area contributed by atoms with Gasteiger partial charge >= 0.3 is 6.03 Å². The first-order valence-electron chi connectivity index (χ1n) is 5.31. The molecule has 3 amide bonds. The maximum absolute atomic E-state index is 10.7. The Hall–Kier alpha value is -2.29. The van der Waals surface area contributed by atoms with Crippen molar-refractivity contribution in [2.45, 2.75) is 0 Å². The van der Waals surface area contributed by atoms with Gasteiger partial charge in [0.05, 0.1) is 13.3 Å². The fourth-order valence-electron chi connectivity index (χ4n) is 1.24. The zero-order valence-corrected chi connectivity index (χ0v) is 12.1. The van der Waals surface area contributed by atoms with E-state index in [0.29, 0.717) is 21.5 Å². The van der Waals surface area contributed by atoms with Crippen molar-refractivity contribution >= 4 is 34.1 Å². The number of hydrazone groups is 1. The Morgan fingerprint density at radius 2 is 2.10 bits per heavy atom. The van der Waals surface area contributed by atoms with Gasteiger partial charge in [0.2, 0.25) is 0 Å².